The molecule has 0 spiro atoms. The van der Waals surface area contributed by atoms with Gasteiger partial charge in [-0.2, -0.15) is 0 Å². The number of nitrogens with one attached hydrogen (secondary N) is 1. The summed E-state index contributed by atoms with van der Waals surface area (Å²) in [5, 5.41) is 10.3. The third-order valence-electron chi connectivity index (χ3n) is 2.63. The zero-order valence-electron chi connectivity index (χ0n) is 10.5. The maximum absolute atomic E-state index is 11.6. The first-order chi connectivity index (χ1) is 9.29. The molecule has 19 heavy (non-hydrogen) atoms. The topological polar surface area (TPSA) is 94.0 Å². The molecule has 0 radical (unpaired) electrons. The minimum absolute atomic E-state index is 0.000935. The zero-order chi connectivity index (χ0) is 13.5. The summed E-state index contributed by atoms with van der Waals surface area (Å²) < 4.78 is 5.08. The number of unbranched alkanes of at least 4 members (excludes halogenated alkanes) is 1. The predicted molar refractivity (Wildman–Crippen MR) is 71.3 cm³/mol. The Morgan fingerprint density at radius 2 is 2.05 bits per heavy atom. The molecule has 0 saturated heterocycles. The van der Waals surface area contributed by atoms with Gasteiger partial charge in [0.2, 0.25) is 18.2 Å². The molecule has 100 valence electrons. The fourth-order valence-electron chi connectivity index (χ4n) is 1.65. The monoisotopic (exact) mass is 260 g/mol. The second-order valence-electron chi connectivity index (χ2n) is 4.12. The van der Waals surface area contributed by atoms with Gasteiger partial charge in [-0.05, 0) is 43.7 Å². The first kappa shape index (κ1) is 13.2. The predicted octanol–water partition coefficient (Wildman–Crippen LogP) is 1.80. The summed E-state index contributed by atoms with van der Waals surface area (Å²) in [7, 11) is 0. The second kappa shape index (κ2) is 6.65. The van der Waals surface area contributed by atoms with Crippen LogP contribution >= 0.6 is 0 Å². The largest absolute Gasteiger partial charge is 0.423 e. The lowest BCUT2D eigenvalue weighted by Gasteiger charge is -2.05. The Balaban J connectivity index is 1.90. The molecule has 0 fully saturated rings. The Kier molecular flexibility index (Phi) is 4.63. The van der Waals surface area contributed by atoms with Crippen molar-refractivity contribution in [1.29, 1.82) is 0 Å². The summed E-state index contributed by atoms with van der Waals surface area (Å²) in [5.74, 6) is 0.458. The SMILES string of the molecule is NCCCCC(=O)Nc1ccc(-c2nnco2)cc1. The van der Waals surface area contributed by atoms with Crippen molar-refractivity contribution in [3.8, 4) is 11.5 Å². The molecule has 1 aromatic heterocycles. The highest BCUT2D eigenvalue weighted by atomic mass is 16.4. The van der Waals surface area contributed by atoms with Gasteiger partial charge in [0.1, 0.15) is 0 Å². The van der Waals surface area contributed by atoms with Crippen LogP contribution in [0.15, 0.2) is 35.1 Å². The number of aromatic nitrogens is 2. The van der Waals surface area contributed by atoms with Crippen molar-refractivity contribution in [1.82, 2.24) is 10.2 Å². The Labute approximate surface area is 111 Å². The Morgan fingerprint density at radius 3 is 2.68 bits per heavy atom. The molecule has 1 heterocycles. The number of anilines is 1. The van der Waals surface area contributed by atoms with Crippen LogP contribution in [-0.4, -0.2) is 22.6 Å². The molecule has 2 aromatic rings. The van der Waals surface area contributed by atoms with Gasteiger partial charge in [-0.25, -0.2) is 0 Å². The van der Waals surface area contributed by atoms with Crippen molar-refractivity contribution in [2.24, 2.45) is 5.73 Å². The number of rotatable bonds is 6. The van der Waals surface area contributed by atoms with E-state index < -0.39 is 0 Å². The van der Waals surface area contributed by atoms with Crippen molar-refractivity contribution in [3.63, 3.8) is 0 Å². The number of nitrogens with two attached hydrogens (primary N) is 1. The zero-order valence-corrected chi connectivity index (χ0v) is 10.5. The highest BCUT2D eigenvalue weighted by Crippen LogP contribution is 2.18. The van der Waals surface area contributed by atoms with Crippen molar-refractivity contribution in [2.75, 3.05) is 11.9 Å². The molecule has 0 atom stereocenters. The van der Waals surface area contributed by atoms with Gasteiger partial charge in [-0.15, -0.1) is 10.2 Å². The molecular weight excluding hydrogens is 244 g/mol. The molecule has 6 nitrogen and oxygen atoms in total. The summed E-state index contributed by atoms with van der Waals surface area (Å²) in [4.78, 5) is 11.6. The van der Waals surface area contributed by atoms with E-state index in [1.807, 2.05) is 12.1 Å². The van der Waals surface area contributed by atoms with Crippen LogP contribution in [-0.2, 0) is 4.79 Å². The van der Waals surface area contributed by atoms with E-state index in [0.717, 1.165) is 24.1 Å². The van der Waals surface area contributed by atoms with Crippen LogP contribution < -0.4 is 11.1 Å². The number of hydrogen-bond acceptors (Lipinski definition) is 5. The van der Waals surface area contributed by atoms with Crippen molar-refractivity contribution in [3.05, 3.63) is 30.7 Å². The normalized spacial score (nSPS) is 10.4. The molecule has 0 bridgehead atoms. The first-order valence-corrected chi connectivity index (χ1v) is 6.16. The fraction of sp³-hybridized carbons (Fsp3) is 0.308. The lowest BCUT2D eigenvalue weighted by atomic mass is 10.2. The van der Waals surface area contributed by atoms with Crippen molar-refractivity contribution < 1.29 is 9.21 Å². The van der Waals surface area contributed by atoms with E-state index in [4.69, 9.17) is 10.2 Å². The van der Waals surface area contributed by atoms with Crippen molar-refractivity contribution in [2.45, 2.75) is 19.3 Å². The molecule has 0 saturated carbocycles. The molecule has 6 heteroatoms. The lowest BCUT2D eigenvalue weighted by Crippen LogP contribution is -2.11. The minimum atomic E-state index is -0.000935. The van der Waals surface area contributed by atoms with Crippen LogP contribution in [0.1, 0.15) is 19.3 Å². The van der Waals surface area contributed by atoms with Crippen LogP contribution in [0.3, 0.4) is 0 Å². The molecule has 0 aliphatic carbocycles. The summed E-state index contributed by atoms with van der Waals surface area (Å²) in [6.07, 6.45) is 3.44. The number of benzene rings is 1. The van der Waals surface area contributed by atoms with Gasteiger partial charge in [0.05, 0.1) is 0 Å². The lowest BCUT2D eigenvalue weighted by molar-refractivity contribution is -0.116. The van der Waals surface area contributed by atoms with Crippen LogP contribution in [0, 0.1) is 0 Å². The standard InChI is InChI=1S/C13H16N4O2/c14-8-2-1-3-12(18)16-11-6-4-10(5-7-11)13-17-15-9-19-13/h4-7,9H,1-3,8,14H2,(H,16,18). The van der Waals surface area contributed by atoms with Gasteiger partial charge in [0.25, 0.3) is 0 Å². The maximum atomic E-state index is 11.6. The second-order valence-corrected chi connectivity index (χ2v) is 4.12. The van der Waals surface area contributed by atoms with Gasteiger partial charge in [0, 0.05) is 17.7 Å². The maximum Gasteiger partial charge on any atom is 0.247 e. The van der Waals surface area contributed by atoms with E-state index in [2.05, 4.69) is 15.5 Å². The molecule has 0 aliphatic rings. The molecular formula is C13H16N4O2. The molecule has 0 unspecified atom stereocenters. The minimum Gasteiger partial charge on any atom is -0.423 e. The van der Waals surface area contributed by atoms with Gasteiger partial charge < -0.3 is 15.5 Å². The summed E-state index contributed by atoms with van der Waals surface area (Å²) in [5.41, 5.74) is 6.95. The van der Waals surface area contributed by atoms with E-state index in [-0.39, 0.29) is 5.91 Å². The van der Waals surface area contributed by atoms with E-state index in [0.29, 0.717) is 18.9 Å². The smallest absolute Gasteiger partial charge is 0.247 e. The van der Waals surface area contributed by atoms with Crippen LogP contribution in [0.2, 0.25) is 0 Å². The molecule has 2 rings (SSSR count). The third kappa shape index (κ3) is 3.89. The van der Waals surface area contributed by atoms with Crippen molar-refractivity contribution >= 4 is 11.6 Å². The quantitative estimate of drug-likeness (QED) is 0.772. The Morgan fingerprint density at radius 1 is 1.26 bits per heavy atom. The Bertz CT molecular complexity index is 508. The molecule has 1 aromatic carbocycles. The third-order valence-corrected chi connectivity index (χ3v) is 2.63. The number of amides is 1. The Hall–Kier alpha value is -2.21. The number of hydrogen-bond donors (Lipinski definition) is 2. The molecule has 1 amide bonds. The van der Waals surface area contributed by atoms with E-state index in [1.165, 1.54) is 6.39 Å². The van der Waals surface area contributed by atoms with E-state index >= 15 is 0 Å². The van der Waals surface area contributed by atoms with Gasteiger partial charge >= 0.3 is 0 Å². The number of carbonyl (C=O) groups excluding carboxylic acids is 1. The number of carbonyl (C=O) groups is 1. The van der Waals surface area contributed by atoms with Gasteiger partial charge in [0.15, 0.2) is 0 Å². The average molecular weight is 260 g/mol. The summed E-state index contributed by atoms with van der Waals surface area (Å²) in [6, 6.07) is 7.26. The van der Waals surface area contributed by atoms with Crippen LogP contribution in [0.25, 0.3) is 11.5 Å². The first-order valence-electron chi connectivity index (χ1n) is 6.16. The molecule has 0 aliphatic heterocycles. The highest BCUT2D eigenvalue weighted by Gasteiger charge is 2.05. The average Bonchev–Trinajstić information content (AvgIpc) is 2.94. The highest BCUT2D eigenvalue weighted by molar-refractivity contribution is 5.90. The fourth-order valence-corrected chi connectivity index (χ4v) is 1.65. The summed E-state index contributed by atoms with van der Waals surface area (Å²) >= 11 is 0. The van der Waals surface area contributed by atoms with E-state index in [9.17, 15) is 4.79 Å². The summed E-state index contributed by atoms with van der Waals surface area (Å²) in [6.45, 7) is 0.617. The van der Waals surface area contributed by atoms with Crippen LogP contribution in [0.5, 0.6) is 0 Å². The van der Waals surface area contributed by atoms with Crippen LogP contribution in [0.4, 0.5) is 5.69 Å². The molecule has 3 N–H and O–H groups in total. The van der Waals surface area contributed by atoms with E-state index in [1.54, 1.807) is 12.1 Å². The van der Waals surface area contributed by atoms with Gasteiger partial charge in [-0.1, -0.05) is 0 Å². The number of nitrogens with zero attached hydrogens (tertiary/aromatic N) is 2. The van der Waals surface area contributed by atoms with Gasteiger partial charge in [-0.3, -0.25) is 4.79 Å².